The van der Waals surface area contributed by atoms with E-state index in [9.17, 15) is 13.0 Å². The summed E-state index contributed by atoms with van der Waals surface area (Å²) in [6, 6.07) is 11.2. The number of benzene rings is 2. The normalized spacial score (nSPS) is 17.7. The quantitative estimate of drug-likeness (QED) is 0.229. The van der Waals surface area contributed by atoms with Gasteiger partial charge in [0.1, 0.15) is 16.4 Å². The molecule has 0 aromatic heterocycles. The van der Waals surface area contributed by atoms with Crippen molar-refractivity contribution in [1.29, 1.82) is 0 Å². The summed E-state index contributed by atoms with van der Waals surface area (Å²) in [6.45, 7) is 5.29. The average Bonchev–Trinajstić information content (AvgIpc) is 2.91. The van der Waals surface area contributed by atoms with Gasteiger partial charge in [0.05, 0.1) is 18.8 Å². The third-order valence-corrected chi connectivity index (χ3v) is 12.3. The molecule has 2 aliphatic rings. The largest absolute Gasteiger partial charge is 0.493 e. The lowest BCUT2D eigenvalue weighted by molar-refractivity contribution is 0.304. The van der Waals surface area contributed by atoms with Gasteiger partial charge in [-0.25, -0.2) is 0 Å². The predicted molar refractivity (Wildman–Crippen MR) is 154 cm³/mol. The van der Waals surface area contributed by atoms with E-state index in [1.807, 2.05) is 24.3 Å². The Kier molecular flexibility index (Phi) is 10.3. The zero-order chi connectivity index (χ0) is 26.3. The van der Waals surface area contributed by atoms with Crippen LogP contribution >= 0.6 is 7.92 Å². The highest BCUT2D eigenvalue weighted by atomic mass is 32.2. The highest BCUT2D eigenvalue weighted by molar-refractivity contribution is 7.87. The summed E-state index contributed by atoms with van der Waals surface area (Å²) in [5.74, 6) is 1.43. The van der Waals surface area contributed by atoms with E-state index in [4.69, 9.17) is 9.47 Å². The molecule has 0 amide bonds. The molecule has 0 saturated heterocycles. The molecule has 5 nitrogen and oxygen atoms in total. The number of rotatable bonds is 11. The van der Waals surface area contributed by atoms with Crippen LogP contribution in [0.25, 0.3) is 11.1 Å². The second-order valence-corrected chi connectivity index (χ2v) is 14.6. The van der Waals surface area contributed by atoms with Gasteiger partial charge >= 0.3 is 0 Å². The molecule has 0 atom stereocenters. The average molecular weight is 547 g/mol. The van der Waals surface area contributed by atoms with Crippen LogP contribution in [0.4, 0.5) is 0 Å². The first-order valence-electron chi connectivity index (χ1n) is 14.2. The van der Waals surface area contributed by atoms with Gasteiger partial charge in [0, 0.05) is 5.30 Å². The van der Waals surface area contributed by atoms with Crippen molar-refractivity contribution in [3.8, 4) is 22.6 Å². The standard InChI is InChI=1S/C30H43O5PS/c1-3-21-34-26-18-12-19-27(35-22-4-2)29(26)25-17-11-20-28(37(31,32)33)30(25)36(23-13-7-5-8-14-23)24-15-9-6-10-16-24/h11-12,17-20,23-24H,3-10,13-16,21-22H2,1-2H3,(H,31,32,33). The molecule has 0 spiro atoms. The summed E-state index contributed by atoms with van der Waals surface area (Å²) in [5.41, 5.74) is 2.62. The van der Waals surface area contributed by atoms with Crippen LogP contribution in [-0.2, 0) is 10.1 Å². The third-order valence-electron chi connectivity index (χ3n) is 7.65. The van der Waals surface area contributed by atoms with Crippen molar-refractivity contribution in [1.82, 2.24) is 0 Å². The highest BCUT2D eigenvalue weighted by Gasteiger charge is 2.38. The van der Waals surface area contributed by atoms with E-state index in [0.29, 0.717) is 36.0 Å². The van der Waals surface area contributed by atoms with E-state index < -0.39 is 18.0 Å². The maximum atomic E-state index is 12.9. The molecule has 2 fully saturated rings. The molecule has 0 aliphatic heterocycles. The van der Waals surface area contributed by atoms with Crippen LogP contribution in [0.15, 0.2) is 41.3 Å². The van der Waals surface area contributed by atoms with Crippen LogP contribution in [0.2, 0.25) is 0 Å². The molecule has 0 bridgehead atoms. The number of hydrogen-bond acceptors (Lipinski definition) is 4. The first kappa shape index (κ1) is 28.4. The van der Waals surface area contributed by atoms with Gasteiger partial charge in [-0.2, -0.15) is 8.42 Å². The Morgan fingerprint density at radius 3 is 1.73 bits per heavy atom. The van der Waals surface area contributed by atoms with Gasteiger partial charge in [0.25, 0.3) is 10.1 Å². The molecule has 7 heteroatoms. The Morgan fingerprint density at radius 1 is 0.784 bits per heavy atom. The Hall–Kier alpha value is -1.62. The maximum absolute atomic E-state index is 12.9. The first-order chi connectivity index (χ1) is 18.0. The van der Waals surface area contributed by atoms with Crippen LogP contribution in [0.3, 0.4) is 0 Å². The lowest BCUT2D eigenvalue weighted by Gasteiger charge is -2.40. The molecule has 204 valence electrons. The molecule has 2 saturated carbocycles. The van der Waals surface area contributed by atoms with E-state index in [2.05, 4.69) is 13.8 Å². The third kappa shape index (κ3) is 6.88. The van der Waals surface area contributed by atoms with Crippen molar-refractivity contribution in [2.45, 2.75) is 107 Å². The van der Waals surface area contributed by atoms with Gasteiger partial charge in [-0.3, -0.25) is 4.55 Å². The van der Waals surface area contributed by atoms with Crippen LogP contribution in [0.1, 0.15) is 90.9 Å². The molecule has 0 heterocycles. The van der Waals surface area contributed by atoms with Crippen molar-refractivity contribution in [2.24, 2.45) is 0 Å². The van der Waals surface area contributed by atoms with Crippen molar-refractivity contribution >= 4 is 23.3 Å². The fourth-order valence-corrected chi connectivity index (χ4v) is 11.3. The zero-order valence-electron chi connectivity index (χ0n) is 22.5. The molecule has 2 aromatic rings. The summed E-state index contributed by atoms with van der Waals surface area (Å²) in [7, 11) is -5.23. The topological polar surface area (TPSA) is 72.8 Å². The molecule has 0 radical (unpaired) electrons. The minimum atomic E-state index is -4.41. The van der Waals surface area contributed by atoms with Crippen LogP contribution in [0, 0.1) is 0 Å². The summed E-state index contributed by atoms with van der Waals surface area (Å²) >= 11 is 0. The van der Waals surface area contributed by atoms with E-state index in [1.165, 1.54) is 38.5 Å². The monoisotopic (exact) mass is 546 g/mol. The zero-order valence-corrected chi connectivity index (χ0v) is 24.2. The Labute approximate surface area is 224 Å². The van der Waals surface area contributed by atoms with Crippen molar-refractivity contribution in [3.05, 3.63) is 36.4 Å². The second kappa shape index (κ2) is 13.4. The van der Waals surface area contributed by atoms with Crippen molar-refractivity contribution in [2.75, 3.05) is 13.2 Å². The fourth-order valence-electron chi connectivity index (χ4n) is 6.02. The minimum Gasteiger partial charge on any atom is -0.493 e. The summed E-state index contributed by atoms with van der Waals surface area (Å²) in [6.07, 6.45) is 13.6. The molecule has 37 heavy (non-hydrogen) atoms. The maximum Gasteiger partial charge on any atom is 0.295 e. The Balaban J connectivity index is 1.98. The molecule has 4 rings (SSSR count). The lowest BCUT2D eigenvalue weighted by Crippen LogP contribution is -2.30. The minimum absolute atomic E-state index is 0.0824. The van der Waals surface area contributed by atoms with Crippen LogP contribution in [-0.4, -0.2) is 37.5 Å². The smallest absolute Gasteiger partial charge is 0.295 e. The lowest BCUT2D eigenvalue weighted by atomic mass is 9.99. The van der Waals surface area contributed by atoms with Gasteiger partial charge in [0.15, 0.2) is 0 Å². The SMILES string of the molecule is CCCOc1cccc(OCCC)c1-c1cccc(S(=O)(=O)O)c1P(C1CCCCC1)C1CCCCC1. The Morgan fingerprint density at radius 2 is 1.27 bits per heavy atom. The van der Waals surface area contributed by atoms with Gasteiger partial charge in [0.2, 0.25) is 0 Å². The molecule has 1 N–H and O–H groups in total. The predicted octanol–water partition coefficient (Wildman–Crippen LogP) is 7.95. The van der Waals surface area contributed by atoms with Crippen molar-refractivity contribution in [3.63, 3.8) is 0 Å². The van der Waals surface area contributed by atoms with E-state index >= 15 is 0 Å². The van der Waals surface area contributed by atoms with Gasteiger partial charge in [-0.05, 0) is 73.6 Å². The van der Waals surface area contributed by atoms with Gasteiger partial charge in [-0.1, -0.05) is 78.5 Å². The Bertz CT molecular complexity index is 1080. The van der Waals surface area contributed by atoms with Crippen molar-refractivity contribution < 1.29 is 22.4 Å². The van der Waals surface area contributed by atoms with E-state index in [-0.39, 0.29) is 4.90 Å². The molecule has 0 unspecified atom stereocenters. The summed E-state index contributed by atoms with van der Waals surface area (Å²) < 4.78 is 48.8. The summed E-state index contributed by atoms with van der Waals surface area (Å²) in [5, 5.41) is 0.840. The highest BCUT2D eigenvalue weighted by Crippen LogP contribution is 2.58. The number of hydrogen-bond donors (Lipinski definition) is 1. The molecular weight excluding hydrogens is 503 g/mol. The van der Waals surface area contributed by atoms with Gasteiger partial charge in [-0.15, -0.1) is 0 Å². The molecule has 2 aromatic carbocycles. The fraction of sp³-hybridized carbons (Fsp3) is 0.600. The van der Waals surface area contributed by atoms with Crippen LogP contribution in [0.5, 0.6) is 11.5 Å². The molecule has 2 aliphatic carbocycles. The molecular formula is C30H43O5PS. The van der Waals surface area contributed by atoms with Crippen LogP contribution < -0.4 is 14.8 Å². The second-order valence-electron chi connectivity index (χ2n) is 10.4. The summed E-state index contributed by atoms with van der Waals surface area (Å²) in [4.78, 5) is 0.0824. The van der Waals surface area contributed by atoms with E-state index in [1.54, 1.807) is 12.1 Å². The number of ether oxygens (including phenoxy) is 2. The van der Waals surface area contributed by atoms with Gasteiger partial charge < -0.3 is 9.47 Å². The first-order valence-corrected chi connectivity index (χ1v) is 17.2. The van der Waals surface area contributed by atoms with E-state index in [0.717, 1.165) is 55.0 Å².